The number of amides is 1. The number of benzene rings is 1. The number of nitrogens with zero attached hydrogens (tertiary/aromatic N) is 2. The Morgan fingerprint density at radius 1 is 1.46 bits per heavy atom. The molecule has 0 spiro atoms. The van der Waals surface area contributed by atoms with E-state index in [2.05, 4.69) is 4.98 Å². The van der Waals surface area contributed by atoms with Gasteiger partial charge in [-0.3, -0.25) is 14.2 Å². The summed E-state index contributed by atoms with van der Waals surface area (Å²) in [5.41, 5.74) is 5.58. The van der Waals surface area contributed by atoms with E-state index in [4.69, 9.17) is 21.8 Å². The Morgan fingerprint density at radius 2 is 2.25 bits per heavy atom. The minimum Gasteiger partial charge on any atom is -0.467 e. The number of aromatic nitrogens is 2. The van der Waals surface area contributed by atoms with Crippen LogP contribution in [0.3, 0.4) is 0 Å². The van der Waals surface area contributed by atoms with Gasteiger partial charge in [-0.1, -0.05) is 23.4 Å². The summed E-state index contributed by atoms with van der Waals surface area (Å²) in [6, 6.07) is 8.41. The molecule has 0 fully saturated rings. The van der Waals surface area contributed by atoms with Gasteiger partial charge in [0.1, 0.15) is 5.76 Å². The van der Waals surface area contributed by atoms with Gasteiger partial charge < -0.3 is 10.2 Å². The number of thioether (sulfide) groups is 1. The van der Waals surface area contributed by atoms with Crippen molar-refractivity contribution in [3.05, 3.63) is 57.7 Å². The van der Waals surface area contributed by atoms with Crippen molar-refractivity contribution in [1.82, 2.24) is 9.55 Å². The first-order chi connectivity index (χ1) is 11.5. The molecular weight excluding hydrogens is 350 g/mol. The lowest BCUT2D eigenvalue weighted by atomic mass is 10.2. The summed E-state index contributed by atoms with van der Waals surface area (Å²) in [5.74, 6) is 0.130. The Hall–Kier alpha value is -2.25. The lowest BCUT2D eigenvalue weighted by molar-refractivity contribution is -0.117. The molecule has 2 N–H and O–H groups in total. The van der Waals surface area contributed by atoms with Crippen LogP contribution in [0.5, 0.6) is 0 Å². The van der Waals surface area contributed by atoms with E-state index in [0.717, 1.165) is 11.8 Å². The van der Waals surface area contributed by atoms with Crippen LogP contribution >= 0.6 is 23.4 Å². The molecule has 1 amide bonds. The number of furan rings is 1. The summed E-state index contributed by atoms with van der Waals surface area (Å²) in [5, 5.41) is 0.785. The molecule has 124 valence electrons. The molecule has 2 aromatic heterocycles. The van der Waals surface area contributed by atoms with Crippen molar-refractivity contribution in [2.24, 2.45) is 5.73 Å². The quantitative estimate of drug-likeness (QED) is 0.555. The largest absolute Gasteiger partial charge is 0.467 e. The normalized spacial score (nSPS) is 12.4. The second-order valence-corrected chi connectivity index (χ2v) is 6.93. The highest BCUT2D eigenvalue weighted by atomic mass is 35.5. The van der Waals surface area contributed by atoms with E-state index in [1.54, 1.807) is 37.3 Å². The summed E-state index contributed by atoms with van der Waals surface area (Å²) in [4.78, 5) is 28.7. The molecule has 0 saturated heterocycles. The molecule has 3 rings (SSSR count). The number of primary amides is 1. The van der Waals surface area contributed by atoms with Gasteiger partial charge in [0.15, 0.2) is 5.16 Å². The van der Waals surface area contributed by atoms with Crippen LogP contribution in [0.25, 0.3) is 10.9 Å². The molecule has 0 radical (unpaired) electrons. The first-order valence-corrected chi connectivity index (χ1v) is 8.40. The van der Waals surface area contributed by atoms with Gasteiger partial charge in [0.2, 0.25) is 5.91 Å². The average Bonchev–Trinajstić information content (AvgIpc) is 3.03. The lowest BCUT2D eigenvalue weighted by Gasteiger charge is -2.14. The molecule has 24 heavy (non-hydrogen) atoms. The van der Waals surface area contributed by atoms with Crippen LogP contribution < -0.4 is 11.3 Å². The number of halogens is 1. The topological polar surface area (TPSA) is 91.1 Å². The summed E-state index contributed by atoms with van der Waals surface area (Å²) < 4.78 is 6.79. The van der Waals surface area contributed by atoms with Gasteiger partial charge in [0.25, 0.3) is 5.56 Å². The van der Waals surface area contributed by atoms with Crippen LogP contribution in [-0.4, -0.2) is 20.7 Å². The highest BCUT2D eigenvalue weighted by molar-refractivity contribution is 8.00. The van der Waals surface area contributed by atoms with E-state index in [-0.39, 0.29) is 12.1 Å². The van der Waals surface area contributed by atoms with Gasteiger partial charge in [-0.05, 0) is 37.3 Å². The third kappa shape index (κ3) is 3.32. The lowest BCUT2D eigenvalue weighted by Crippen LogP contribution is -2.27. The number of carbonyl (C=O) groups is 1. The van der Waals surface area contributed by atoms with Gasteiger partial charge in [-0.15, -0.1) is 0 Å². The molecule has 0 saturated carbocycles. The van der Waals surface area contributed by atoms with E-state index in [1.165, 1.54) is 10.8 Å². The third-order valence-corrected chi connectivity index (χ3v) is 4.80. The summed E-state index contributed by atoms with van der Waals surface area (Å²) in [6.07, 6.45) is 1.54. The van der Waals surface area contributed by atoms with Crippen LogP contribution in [-0.2, 0) is 11.3 Å². The molecule has 3 aromatic rings. The molecule has 1 aromatic carbocycles. The van der Waals surface area contributed by atoms with E-state index in [1.807, 2.05) is 0 Å². The van der Waals surface area contributed by atoms with E-state index >= 15 is 0 Å². The SMILES string of the molecule is C[C@H](Sc1nc2cc(Cl)ccc2c(=O)n1Cc1ccco1)C(N)=O. The van der Waals surface area contributed by atoms with E-state index in [9.17, 15) is 9.59 Å². The molecule has 1 atom stereocenters. The van der Waals surface area contributed by atoms with Gasteiger partial charge in [-0.25, -0.2) is 4.98 Å². The van der Waals surface area contributed by atoms with Crippen LogP contribution in [0.2, 0.25) is 5.02 Å². The zero-order valence-corrected chi connectivity index (χ0v) is 14.3. The van der Waals surface area contributed by atoms with Crippen molar-refractivity contribution < 1.29 is 9.21 Å². The maximum Gasteiger partial charge on any atom is 0.262 e. The second-order valence-electron chi connectivity index (χ2n) is 5.19. The highest BCUT2D eigenvalue weighted by Crippen LogP contribution is 2.24. The molecule has 0 aliphatic rings. The van der Waals surface area contributed by atoms with Crippen LogP contribution in [0.15, 0.2) is 51.0 Å². The van der Waals surface area contributed by atoms with Crippen LogP contribution in [0.1, 0.15) is 12.7 Å². The molecule has 0 bridgehead atoms. The summed E-state index contributed by atoms with van der Waals surface area (Å²) in [6.45, 7) is 1.88. The Balaban J connectivity index is 2.17. The fraction of sp³-hybridized carbons (Fsp3) is 0.188. The molecule has 0 unspecified atom stereocenters. The predicted molar refractivity (Wildman–Crippen MR) is 93.3 cm³/mol. The first kappa shape index (κ1) is 16.6. The van der Waals surface area contributed by atoms with Crippen LogP contribution in [0.4, 0.5) is 0 Å². The maximum absolute atomic E-state index is 12.8. The van der Waals surface area contributed by atoms with Crippen LogP contribution in [0, 0.1) is 0 Å². The van der Waals surface area contributed by atoms with Gasteiger partial charge in [-0.2, -0.15) is 0 Å². The Morgan fingerprint density at radius 3 is 2.92 bits per heavy atom. The van der Waals surface area contributed by atoms with Crippen molar-refractivity contribution >= 4 is 40.2 Å². The smallest absolute Gasteiger partial charge is 0.262 e. The van der Waals surface area contributed by atoms with Crippen molar-refractivity contribution in [1.29, 1.82) is 0 Å². The number of fused-ring (bicyclic) bond motifs is 1. The van der Waals surface area contributed by atoms with Crippen molar-refractivity contribution in [2.75, 3.05) is 0 Å². The first-order valence-electron chi connectivity index (χ1n) is 7.14. The Labute approximate surface area is 146 Å². The van der Waals surface area contributed by atoms with Gasteiger partial charge in [0, 0.05) is 5.02 Å². The summed E-state index contributed by atoms with van der Waals surface area (Å²) >= 11 is 7.12. The number of rotatable bonds is 5. The van der Waals surface area contributed by atoms with E-state index in [0.29, 0.717) is 26.8 Å². The molecule has 2 heterocycles. The minimum atomic E-state index is -0.531. The van der Waals surface area contributed by atoms with Crippen molar-refractivity contribution in [2.45, 2.75) is 23.9 Å². The summed E-state index contributed by atoms with van der Waals surface area (Å²) in [7, 11) is 0. The molecule has 0 aliphatic heterocycles. The van der Waals surface area contributed by atoms with Crippen molar-refractivity contribution in [3.8, 4) is 0 Å². The number of carbonyl (C=O) groups excluding carboxylic acids is 1. The highest BCUT2D eigenvalue weighted by Gasteiger charge is 2.18. The number of hydrogen-bond donors (Lipinski definition) is 1. The minimum absolute atomic E-state index is 0.214. The van der Waals surface area contributed by atoms with Gasteiger partial charge in [0.05, 0.1) is 29.0 Å². The zero-order chi connectivity index (χ0) is 17.3. The standard InChI is InChI=1S/C16H14ClN3O3S/c1-9(14(18)21)24-16-19-13-7-10(17)4-5-12(13)15(22)20(16)8-11-3-2-6-23-11/h2-7,9H,8H2,1H3,(H2,18,21)/t9-/m0/s1. The number of hydrogen-bond acceptors (Lipinski definition) is 5. The fourth-order valence-electron chi connectivity index (χ4n) is 2.18. The predicted octanol–water partition coefficient (Wildman–Crippen LogP) is 2.66. The molecular formula is C16H14ClN3O3S. The molecule has 0 aliphatic carbocycles. The zero-order valence-electron chi connectivity index (χ0n) is 12.7. The second kappa shape index (κ2) is 6.70. The number of nitrogens with two attached hydrogens (primary N) is 1. The Bertz CT molecular complexity index is 953. The third-order valence-electron chi connectivity index (χ3n) is 3.46. The van der Waals surface area contributed by atoms with Gasteiger partial charge >= 0.3 is 0 Å². The maximum atomic E-state index is 12.8. The molecule has 8 heteroatoms. The van der Waals surface area contributed by atoms with Crippen molar-refractivity contribution in [3.63, 3.8) is 0 Å². The molecule has 6 nitrogen and oxygen atoms in total. The Kier molecular flexibility index (Phi) is 4.64. The van der Waals surface area contributed by atoms with E-state index < -0.39 is 11.2 Å². The fourth-order valence-corrected chi connectivity index (χ4v) is 3.20. The monoisotopic (exact) mass is 363 g/mol. The average molecular weight is 364 g/mol.